The predicted octanol–water partition coefficient (Wildman–Crippen LogP) is 2.22. The highest BCUT2D eigenvalue weighted by Gasteiger charge is 2.34. The van der Waals surface area contributed by atoms with Crippen molar-refractivity contribution in [3.63, 3.8) is 0 Å². The average Bonchev–Trinajstić information content (AvgIpc) is 2.33. The maximum Gasteiger partial charge on any atom is 0.120 e. The molecule has 0 fully saturated rings. The highest BCUT2D eigenvalue weighted by Crippen LogP contribution is 2.20. The van der Waals surface area contributed by atoms with Gasteiger partial charge in [-0.1, -0.05) is 17.7 Å². The van der Waals surface area contributed by atoms with Gasteiger partial charge in [0.15, 0.2) is 0 Å². The summed E-state index contributed by atoms with van der Waals surface area (Å²) in [5.41, 5.74) is -1.40. The second-order valence-corrected chi connectivity index (χ2v) is 6.42. The summed E-state index contributed by atoms with van der Waals surface area (Å²) in [5.74, 6) is 0.623. The molecule has 0 amide bonds. The van der Waals surface area contributed by atoms with Crippen molar-refractivity contribution < 1.29 is 14.9 Å². The van der Waals surface area contributed by atoms with Crippen LogP contribution in [0.1, 0.15) is 27.7 Å². The molecule has 1 aromatic rings. The molecule has 4 nitrogen and oxygen atoms in total. The van der Waals surface area contributed by atoms with Crippen molar-refractivity contribution in [2.75, 3.05) is 13.2 Å². The van der Waals surface area contributed by atoms with Gasteiger partial charge in [-0.15, -0.1) is 0 Å². The molecule has 0 radical (unpaired) electrons. The molecule has 3 N–H and O–H groups in total. The largest absolute Gasteiger partial charge is 0.491 e. The topological polar surface area (TPSA) is 61.7 Å². The third-order valence-corrected chi connectivity index (χ3v) is 3.78. The minimum atomic E-state index is -0.888. The van der Waals surface area contributed by atoms with Crippen LogP contribution in [0, 0.1) is 0 Å². The Labute approximate surface area is 125 Å². The van der Waals surface area contributed by atoms with Crippen LogP contribution in [-0.2, 0) is 0 Å². The van der Waals surface area contributed by atoms with E-state index < -0.39 is 17.2 Å². The van der Waals surface area contributed by atoms with Gasteiger partial charge in [0, 0.05) is 17.1 Å². The first kappa shape index (κ1) is 17.2. The smallest absolute Gasteiger partial charge is 0.120 e. The molecule has 0 spiro atoms. The number of ether oxygens (including phenoxy) is 1. The van der Waals surface area contributed by atoms with Crippen LogP contribution in [-0.4, -0.2) is 40.6 Å². The van der Waals surface area contributed by atoms with E-state index in [4.69, 9.17) is 16.3 Å². The Morgan fingerprint density at radius 2 is 1.95 bits per heavy atom. The zero-order valence-electron chi connectivity index (χ0n) is 12.5. The van der Waals surface area contributed by atoms with Gasteiger partial charge in [0.2, 0.25) is 0 Å². The third-order valence-electron chi connectivity index (χ3n) is 3.55. The Morgan fingerprint density at radius 3 is 2.50 bits per heavy atom. The zero-order chi connectivity index (χ0) is 15.4. The van der Waals surface area contributed by atoms with E-state index in [-0.39, 0.29) is 6.61 Å². The van der Waals surface area contributed by atoms with Gasteiger partial charge >= 0.3 is 0 Å². The summed E-state index contributed by atoms with van der Waals surface area (Å²) in [5, 5.41) is 23.6. The van der Waals surface area contributed by atoms with Crippen LogP contribution in [0.4, 0.5) is 0 Å². The second-order valence-electron chi connectivity index (χ2n) is 5.99. The Bertz CT molecular complexity index is 429. The van der Waals surface area contributed by atoms with E-state index in [0.29, 0.717) is 17.3 Å². The summed E-state index contributed by atoms with van der Waals surface area (Å²) >= 11 is 5.85. The van der Waals surface area contributed by atoms with Gasteiger partial charge in [-0.05, 0) is 45.9 Å². The number of rotatable bonds is 7. The van der Waals surface area contributed by atoms with Crippen LogP contribution in [0.15, 0.2) is 24.3 Å². The first-order valence-electron chi connectivity index (χ1n) is 6.66. The maximum atomic E-state index is 10.0. The van der Waals surface area contributed by atoms with Gasteiger partial charge in [0.05, 0.1) is 5.60 Å². The molecule has 1 aromatic carbocycles. The van der Waals surface area contributed by atoms with Crippen molar-refractivity contribution >= 4 is 11.6 Å². The lowest BCUT2D eigenvalue weighted by molar-refractivity contribution is -0.0120. The molecule has 1 atom stereocenters. The average molecular weight is 302 g/mol. The molecule has 114 valence electrons. The quantitative estimate of drug-likeness (QED) is 0.723. The standard InChI is InChI=1S/C15H24ClNO3/c1-14(2,15(3,4)19)17-9-12(18)10-20-13-7-5-6-11(16)8-13/h5-8,12,17-19H,9-10H2,1-4H3. The first-order valence-corrected chi connectivity index (χ1v) is 7.03. The van der Waals surface area contributed by atoms with E-state index in [1.165, 1.54) is 0 Å². The normalized spacial score (nSPS) is 14.2. The molecule has 1 rings (SSSR count). The predicted molar refractivity (Wildman–Crippen MR) is 81.3 cm³/mol. The number of hydrogen-bond donors (Lipinski definition) is 3. The van der Waals surface area contributed by atoms with Crippen molar-refractivity contribution in [2.45, 2.75) is 44.9 Å². The molecule has 0 bridgehead atoms. The van der Waals surface area contributed by atoms with Gasteiger partial charge in [-0.2, -0.15) is 0 Å². The molecule has 0 aliphatic rings. The van der Waals surface area contributed by atoms with E-state index >= 15 is 0 Å². The van der Waals surface area contributed by atoms with E-state index in [9.17, 15) is 10.2 Å². The molecule has 0 aromatic heterocycles. The van der Waals surface area contributed by atoms with Crippen molar-refractivity contribution in [3.8, 4) is 5.75 Å². The zero-order valence-corrected chi connectivity index (χ0v) is 13.2. The van der Waals surface area contributed by atoms with Gasteiger partial charge < -0.3 is 20.3 Å². The fourth-order valence-corrected chi connectivity index (χ4v) is 1.58. The molecule has 0 heterocycles. The van der Waals surface area contributed by atoms with Crippen LogP contribution >= 0.6 is 11.6 Å². The molecule has 20 heavy (non-hydrogen) atoms. The Kier molecular flexibility index (Phi) is 5.83. The Hall–Kier alpha value is -0.810. The summed E-state index contributed by atoms with van der Waals surface area (Å²) in [4.78, 5) is 0. The van der Waals surface area contributed by atoms with Crippen LogP contribution in [0.5, 0.6) is 5.75 Å². The van der Waals surface area contributed by atoms with Crippen LogP contribution in [0.2, 0.25) is 5.02 Å². The summed E-state index contributed by atoms with van der Waals surface area (Å²) in [6, 6.07) is 7.03. The molecule has 1 unspecified atom stereocenters. The fraction of sp³-hybridized carbons (Fsp3) is 0.600. The summed E-state index contributed by atoms with van der Waals surface area (Å²) in [7, 11) is 0. The molecular formula is C15H24ClNO3. The van der Waals surface area contributed by atoms with Crippen molar-refractivity contribution in [1.29, 1.82) is 0 Å². The third kappa shape index (κ3) is 5.29. The Morgan fingerprint density at radius 1 is 1.30 bits per heavy atom. The highest BCUT2D eigenvalue weighted by atomic mass is 35.5. The number of hydrogen-bond acceptors (Lipinski definition) is 4. The molecule has 0 saturated heterocycles. The van der Waals surface area contributed by atoms with Crippen molar-refractivity contribution in [1.82, 2.24) is 5.32 Å². The highest BCUT2D eigenvalue weighted by molar-refractivity contribution is 6.30. The van der Waals surface area contributed by atoms with Gasteiger partial charge in [0.1, 0.15) is 18.5 Å². The van der Waals surface area contributed by atoms with E-state index in [1.807, 2.05) is 13.8 Å². The van der Waals surface area contributed by atoms with Gasteiger partial charge in [-0.25, -0.2) is 0 Å². The molecular weight excluding hydrogens is 278 g/mol. The summed E-state index contributed by atoms with van der Waals surface area (Å²) in [6.07, 6.45) is -0.671. The minimum absolute atomic E-state index is 0.162. The Balaban J connectivity index is 2.39. The first-order chi connectivity index (χ1) is 9.12. The summed E-state index contributed by atoms with van der Waals surface area (Å²) in [6.45, 7) is 7.73. The number of aliphatic hydroxyl groups excluding tert-OH is 1. The van der Waals surface area contributed by atoms with Crippen LogP contribution < -0.4 is 10.1 Å². The lowest BCUT2D eigenvalue weighted by atomic mass is 9.86. The number of halogens is 1. The van der Waals surface area contributed by atoms with E-state index in [1.54, 1.807) is 38.1 Å². The van der Waals surface area contributed by atoms with Crippen molar-refractivity contribution in [3.05, 3.63) is 29.3 Å². The lowest BCUT2D eigenvalue weighted by Crippen LogP contribution is -2.57. The molecule has 0 aliphatic heterocycles. The monoisotopic (exact) mass is 301 g/mol. The number of β-amino-alcohol motifs (C(OH)–C–C–N with tert-alkyl or cyclic N) is 1. The van der Waals surface area contributed by atoms with E-state index in [0.717, 1.165) is 0 Å². The van der Waals surface area contributed by atoms with Crippen LogP contribution in [0.3, 0.4) is 0 Å². The number of nitrogens with one attached hydrogen (secondary N) is 1. The number of benzene rings is 1. The fourth-order valence-electron chi connectivity index (χ4n) is 1.40. The molecule has 5 heteroatoms. The lowest BCUT2D eigenvalue weighted by Gasteiger charge is -2.38. The van der Waals surface area contributed by atoms with E-state index in [2.05, 4.69) is 5.32 Å². The molecule has 0 saturated carbocycles. The SMILES string of the molecule is CC(C)(O)C(C)(C)NCC(O)COc1cccc(Cl)c1. The summed E-state index contributed by atoms with van der Waals surface area (Å²) < 4.78 is 5.46. The molecule has 0 aliphatic carbocycles. The number of aliphatic hydroxyl groups is 2. The van der Waals surface area contributed by atoms with Crippen LogP contribution in [0.25, 0.3) is 0 Å². The van der Waals surface area contributed by atoms with Crippen molar-refractivity contribution in [2.24, 2.45) is 0 Å². The maximum absolute atomic E-state index is 10.0. The van der Waals surface area contributed by atoms with Gasteiger partial charge in [-0.3, -0.25) is 0 Å². The van der Waals surface area contributed by atoms with Gasteiger partial charge in [0.25, 0.3) is 0 Å². The minimum Gasteiger partial charge on any atom is -0.491 e. The second kappa shape index (κ2) is 6.76.